The standard InChI is InChI=1S/C29H28ClN3O2/c1-35-26-17-13-24(14-18-26)27-21-28(31-19-5-9-22-7-3-2-4-8-22)29(34)33(32-27)20-6-10-23-11-15-25(30)16-12-23/h2-4,6-8,10-18,21,31H,5,9,19-20H2,1H3. The normalized spacial score (nSPS) is 11.0. The van der Waals surface area contributed by atoms with Crippen molar-refractivity contribution in [2.45, 2.75) is 19.4 Å². The number of nitrogens with zero attached hydrogens (tertiary/aromatic N) is 2. The number of anilines is 1. The molecule has 3 aromatic carbocycles. The topological polar surface area (TPSA) is 56.1 Å². The fourth-order valence-electron chi connectivity index (χ4n) is 3.72. The number of rotatable bonds is 10. The van der Waals surface area contributed by atoms with Gasteiger partial charge in [-0.25, -0.2) is 4.68 Å². The number of ether oxygens (including phenoxy) is 1. The zero-order chi connectivity index (χ0) is 24.5. The Bertz CT molecular complexity index is 1320. The maximum absolute atomic E-state index is 13.2. The number of aromatic nitrogens is 2. The van der Waals surface area contributed by atoms with Crippen LogP contribution in [-0.2, 0) is 13.0 Å². The third-order valence-corrected chi connectivity index (χ3v) is 5.87. The first-order chi connectivity index (χ1) is 17.1. The van der Waals surface area contributed by atoms with Crippen molar-refractivity contribution >= 4 is 23.4 Å². The molecule has 0 saturated heterocycles. The maximum Gasteiger partial charge on any atom is 0.290 e. The summed E-state index contributed by atoms with van der Waals surface area (Å²) < 4.78 is 6.76. The van der Waals surface area contributed by atoms with Crippen molar-refractivity contribution in [1.82, 2.24) is 9.78 Å². The third kappa shape index (κ3) is 6.84. The van der Waals surface area contributed by atoms with E-state index in [9.17, 15) is 4.79 Å². The minimum atomic E-state index is -0.150. The summed E-state index contributed by atoms with van der Waals surface area (Å²) in [5, 5.41) is 8.65. The molecule has 0 spiro atoms. The summed E-state index contributed by atoms with van der Waals surface area (Å²) in [6, 6.07) is 27.4. The fraction of sp³-hybridized carbons (Fsp3) is 0.172. The lowest BCUT2D eigenvalue weighted by atomic mass is 10.1. The summed E-state index contributed by atoms with van der Waals surface area (Å²) in [7, 11) is 1.64. The molecule has 0 fully saturated rings. The lowest BCUT2D eigenvalue weighted by Gasteiger charge is -2.12. The Morgan fingerprint density at radius 1 is 1.00 bits per heavy atom. The van der Waals surface area contributed by atoms with Gasteiger partial charge in [0.05, 0.1) is 19.3 Å². The average molecular weight is 486 g/mol. The van der Waals surface area contributed by atoms with Crippen LogP contribution >= 0.6 is 11.6 Å². The van der Waals surface area contributed by atoms with Gasteiger partial charge < -0.3 is 10.1 Å². The summed E-state index contributed by atoms with van der Waals surface area (Å²) in [6.07, 6.45) is 5.74. The highest BCUT2D eigenvalue weighted by atomic mass is 35.5. The van der Waals surface area contributed by atoms with Crippen LogP contribution in [-0.4, -0.2) is 23.4 Å². The van der Waals surface area contributed by atoms with Gasteiger partial charge in [-0.05, 0) is 66.4 Å². The molecule has 6 heteroatoms. The van der Waals surface area contributed by atoms with Crippen molar-refractivity contribution in [3.05, 3.63) is 118 Å². The van der Waals surface area contributed by atoms with E-state index in [4.69, 9.17) is 16.3 Å². The highest BCUT2D eigenvalue weighted by Gasteiger charge is 2.10. The molecular formula is C29H28ClN3O2. The second-order valence-electron chi connectivity index (χ2n) is 8.13. The largest absolute Gasteiger partial charge is 0.497 e. The van der Waals surface area contributed by atoms with Crippen LogP contribution in [0.1, 0.15) is 17.5 Å². The molecule has 35 heavy (non-hydrogen) atoms. The van der Waals surface area contributed by atoms with Crippen LogP contribution < -0.4 is 15.6 Å². The number of aryl methyl sites for hydroxylation is 1. The van der Waals surface area contributed by atoms with Gasteiger partial charge in [-0.3, -0.25) is 4.79 Å². The highest BCUT2D eigenvalue weighted by Crippen LogP contribution is 2.22. The number of nitrogens with one attached hydrogen (secondary N) is 1. The molecule has 0 bridgehead atoms. The van der Waals surface area contributed by atoms with Crippen LogP contribution in [0.5, 0.6) is 5.75 Å². The molecule has 1 heterocycles. The number of benzene rings is 3. The van der Waals surface area contributed by atoms with Gasteiger partial charge in [0.1, 0.15) is 11.4 Å². The number of allylic oxidation sites excluding steroid dienone is 1. The average Bonchev–Trinajstić information content (AvgIpc) is 2.90. The summed E-state index contributed by atoms with van der Waals surface area (Å²) >= 11 is 5.97. The maximum atomic E-state index is 13.2. The van der Waals surface area contributed by atoms with Crippen LogP contribution in [0.3, 0.4) is 0 Å². The van der Waals surface area contributed by atoms with Gasteiger partial charge in [0.25, 0.3) is 5.56 Å². The second kappa shape index (κ2) is 12.0. The quantitative estimate of drug-likeness (QED) is 0.267. The number of hydrogen-bond acceptors (Lipinski definition) is 4. The van der Waals surface area contributed by atoms with E-state index in [1.54, 1.807) is 7.11 Å². The van der Waals surface area contributed by atoms with Gasteiger partial charge >= 0.3 is 0 Å². The molecule has 0 amide bonds. The molecule has 0 unspecified atom stereocenters. The first-order valence-corrected chi connectivity index (χ1v) is 12.0. The van der Waals surface area contributed by atoms with E-state index in [1.807, 2.05) is 84.9 Å². The number of methoxy groups -OCH3 is 1. The van der Waals surface area contributed by atoms with E-state index in [-0.39, 0.29) is 5.56 Å². The molecule has 0 saturated carbocycles. The monoisotopic (exact) mass is 485 g/mol. The SMILES string of the molecule is COc1ccc(-c2cc(NCCCc3ccccc3)c(=O)n(CC=Cc3ccc(Cl)cc3)n2)cc1. The Morgan fingerprint density at radius 2 is 1.74 bits per heavy atom. The molecule has 5 nitrogen and oxygen atoms in total. The Morgan fingerprint density at radius 3 is 2.46 bits per heavy atom. The van der Waals surface area contributed by atoms with E-state index in [0.29, 0.717) is 23.8 Å². The van der Waals surface area contributed by atoms with Crippen LogP contribution in [0.15, 0.2) is 95.8 Å². The summed E-state index contributed by atoms with van der Waals surface area (Å²) in [6.45, 7) is 1.04. The minimum absolute atomic E-state index is 0.150. The Balaban J connectivity index is 1.54. The van der Waals surface area contributed by atoms with E-state index >= 15 is 0 Å². The van der Waals surface area contributed by atoms with Gasteiger partial charge in [-0.15, -0.1) is 0 Å². The van der Waals surface area contributed by atoms with E-state index in [1.165, 1.54) is 10.2 Å². The van der Waals surface area contributed by atoms with Crippen LogP contribution in [0.25, 0.3) is 17.3 Å². The lowest BCUT2D eigenvalue weighted by molar-refractivity contribution is 0.415. The molecule has 1 aromatic heterocycles. The highest BCUT2D eigenvalue weighted by molar-refractivity contribution is 6.30. The smallest absolute Gasteiger partial charge is 0.290 e. The third-order valence-electron chi connectivity index (χ3n) is 5.62. The predicted molar refractivity (Wildman–Crippen MR) is 144 cm³/mol. The number of halogens is 1. The summed E-state index contributed by atoms with van der Waals surface area (Å²) in [5.41, 5.74) is 4.31. The zero-order valence-corrected chi connectivity index (χ0v) is 20.4. The van der Waals surface area contributed by atoms with Crippen molar-refractivity contribution in [1.29, 1.82) is 0 Å². The van der Waals surface area contributed by atoms with Crippen molar-refractivity contribution in [2.24, 2.45) is 0 Å². The molecule has 178 valence electrons. The van der Waals surface area contributed by atoms with Gasteiger partial charge in [-0.1, -0.05) is 66.2 Å². The van der Waals surface area contributed by atoms with Gasteiger partial charge in [0, 0.05) is 17.1 Å². The molecule has 4 rings (SSSR count). The zero-order valence-electron chi connectivity index (χ0n) is 19.7. The second-order valence-corrected chi connectivity index (χ2v) is 8.57. The Hall–Kier alpha value is -3.83. The van der Waals surface area contributed by atoms with E-state index in [2.05, 4.69) is 22.5 Å². The fourth-order valence-corrected chi connectivity index (χ4v) is 3.84. The van der Waals surface area contributed by atoms with Gasteiger partial charge in [-0.2, -0.15) is 5.10 Å². The minimum Gasteiger partial charge on any atom is -0.497 e. The van der Waals surface area contributed by atoms with Gasteiger partial charge in [0.15, 0.2) is 0 Å². The Kier molecular flexibility index (Phi) is 8.36. The predicted octanol–water partition coefficient (Wildman–Crippen LogP) is 6.33. The van der Waals surface area contributed by atoms with Crippen molar-refractivity contribution < 1.29 is 4.74 Å². The lowest BCUT2D eigenvalue weighted by Crippen LogP contribution is -2.26. The first kappa shape index (κ1) is 24.3. The van der Waals surface area contributed by atoms with Crippen LogP contribution in [0.2, 0.25) is 5.02 Å². The van der Waals surface area contributed by atoms with E-state index in [0.717, 1.165) is 35.4 Å². The molecular weight excluding hydrogens is 458 g/mol. The van der Waals surface area contributed by atoms with Crippen molar-refractivity contribution in [3.63, 3.8) is 0 Å². The molecule has 0 aliphatic rings. The van der Waals surface area contributed by atoms with E-state index < -0.39 is 0 Å². The molecule has 4 aromatic rings. The molecule has 0 aliphatic heterocycles. The first-order valence-electron chi connectivity index (χ1n) is 11.6. The Labute approximate surface area is 210 Å². The van der Waals surface area contributed by atoms with Crippen molar-refractivity contribution in [2.75, 3.05) is 19.0 Å². The van der Waals surface area contributed by atoms with Gasteiger partial charge in [0.2, 0.25) is 0 Å². The van der Waals surface area contributed by atoms with Crippen LogP contribution in [0.4, 0.5) is 5.69 Å². The molecule has 0 radical (unpaired) electrons. The van der Waals surface area contributed by atoms with Crippen LogP contribution in [0, 0.1) is 0 Å². The molecule has 0 aliphatic carbocycles. The number of hydrogen-bond donors (Lipinski definition) is 1. The summed E-state index contributed by atoms with van der Waals surface area (Å²) in [4.78, 5) is 13.2. The summed E-state index contributed by atoms with van der Waals surface area (Å²) in [5.74, 6) is 0.771. The molecule has 0 atom stereocenters. The molecule has 1 N–H and O–H groups in total. The van der Waals surface area contributed by atoms with Crippen molar-refractivity contribution in [3.8, 4) is 17.0 Å².